The number of amides is 4. The van der Waals surface area contributed by atoms with Gasteiger partial charge in [0.1, 0.15) is 43.0 Å². The van der Waals surface area contributed by atoms with Gasteiger partial charge in [-0.25, -0.2) is 29.1 Å². The lowest BCUT2D eigenvalue weighted by Crippen LogP contribution is -2.36. The Balaban J connectivity index is 0.768. The van der Waals surface area contributed by atoms with Crippen LogP contribution in [-0.4, -0.2) is 203 Å². The van der Waals surface area contributed by atoms with Crippen molar-refractivity contribution in [1.82, 2.24) is 49.3 Å². The molecule has 4 aromatic heterocycles. The van der Waals surface area contributed by atoms with Crippen molar-refractivity contribution in [3.8, 4) is 0 Å². The van der Waals surface area contributed by atoms with E-state index in [9.17, 15) is 53.1 Å². The number of aromatic nitrogens is 8. The quantitative estimate of drug-likeness (QED) is 0.0233. The van der Waals surface area contributed by atoms with E-state index < -0.39 is 101 Å². The summed E-state index contributed by atoms with van der Waals surface area (Å²) in [7, 11) is -10.4. The van der Waals surface area contributed by atoms with Crippen molar-refractivity contribution in [3.63, 3.8) is 0 Å². The molecule has 2 bridgehead atoms. The molecule has 398 valence electrons. The van der Waals surface area contributed by atoms with Gasteiger partial charge in [0.05, 0.1) is 85.1 Å². The fourth-order valence-electron chi connectivity index (χ4n) is 7.71. The lowest BCUT2D eigenvalue weighted by molar-refractivity contribution is -0.137. The van der Waals surface area contributed by atoms with Gasteiger partial charge >= 0.3 is 15.6 Å². The molecule has 8 rings (SSSR count). The molecule has 73 heavy (non-hydrogen) atoms. The van der Waals surface area contributed by atoms with E-state index in [0.717, 1.165) is 40.6 Å². The molecular formula is C38H50N12O21P2. The van der Waals surface area contributed by atoms with Crippen LogP contribution in [0.1, 0.15) is 25.3 Å². The number of imidazole rings is 2. The number of carbonyl (C=O) groups excluding carboxylic acids is 4. The molecule has 8 heterocycles. The lowest BCUT2D eigenvalue weighted by atomic mass is 10.1. The first-order valence-electron chi connectivity index (χ1n) is 22.3. The monoisotopic (exact) mass is 1070 g/mol. The van der Waals surface area contributed by atoms with Crippen molar-refractivity contribution in [3.05, 3.63) is 41.5 Å². The Kier molecular flexibility index (Phi) is 17.5. The fourth-order valence-corrected chi connectivity index (χ4v) is 9.60. The number of phosphoric ester groups is 2. The van der Waals surface area contributed by atoms with Gasteiger partial charge in [-0.2, -0.15) is 4.98 Å². The van der Waals surface area contributed by atoms with E-state index in [4.69, 9.17) is 52.2 Å². The number of hydrogen-bond acceptors (Lipinski definition) is 25. The van der Waals surface area contributed by atoms with Crippen LogP contribution >= 0.6 is 15.6 Å². The number of anilines is 2. The minimum Gasteiger partial charge on any atom is -0.387 e. The summed E-state index contributed by atoms with van der Waals surface area (Å²) in [6, 6.07) is 0. The van der Waals surface area contributed by atoms with Crippen LogP contribution < -0.4 is 21.9 Å². The second-order valence-electron chi connectivity index (χ2n) is 16.1. The van der Waals surface area contributed by atoms with E-state index in [0.29, 0.717) is 0 Å². The highest BCUT2D eigenvalue weighted by Crippen LogP contribution is 2.53. The maximum absolute atomic E-state index is 13.5. The van der Waals surface area contributed by atoms with Crippen LogP contribution in [0.25, 0.3) is 22.3 Å². The topological polar surface area (TPSA) is 436 Å². The molecule has 3 fully saturated rings. The van der Waals surface area contributed by atoms with Crippen molar-refractivity contribution >= 4 is 73.4 Å². The molecule has 4 aliphatic rings. The molecule has 0 spiro atoms. The third kappa shape index (κ3) is 13.2. The van der Waals surface area contributed by atoms with E-state index in [2.05, 4.69) is 40.5 Å². The van der Waals surface area contributed by atoms with E-state index >= 15 is 0 Å². The number of nitrogens with two attached hydrogens (primary N) is 1. The molecule has 0 radical (unpaired) electrons. The zero-order chi connectivity index (χ0) is 51.9. The number of aromatic amines is 1. The van der Waals surface area contributed by atoms with E-state index in [-0.39, 0.29) is 119 Å². The van der Waals surface area contributed by atoms with Crippen molar-refractivity contribution in [2.75, 3.05) is 90.2 Å². The molecule has 9 N–H and O–H groups in total. The predicted octanol–water partition coefficient (Wildman–Crippen LogP) is -3.10. The Morgan fingerprint density at radius 3 is 2.00 bits per heavy atom. The van der Waals surface area contributed by atoms with Crippen LogP contribution in [0.3, 0.4) is 0 Å². The molecule has 0 aromatic carbocycles. The van der Waals surface area contributed by atoms with Gasteiger partial charge in [-0.05, 0) is 0 Å². The largest absolute Gasteiger partial charge is 0.472 e. The first-order valence-corrected chi connectivity index (χ1v) is 25.3. The fraction of sp³-hybridized carbons (Fsp3) is 0.579. The number of nitrogen functional groups attached to an aromatic ring is 1. The number of rotatable bonds is 21. The van der Waals surface area contributed by atoms with Crippen LogP contribution in [0, 0.1) is 0 Å². The molecule has 4 unspecified atom stereocenters. The Bertz CT molecular complexity index is 2810. The van der Waals surface area contributed by atoms with E-state index in [1.165, 1.54) is 4.57 Å². The zero-order valence-corrected chi connectivity index (χ0v) is 40.0. The van der Waals surface area contributed by atoms with Crippen molar-refractivity contribution in [1.29, 1.82) is 0 Å². The number of fused-ring (bicyclic) bond motifs is 5. The van der Waals surface area contributed by atoms with Gasteiger partial charge in [0.2, 0.25) is 17.8 Å². The van der Waals surface area contributed by atoms with Gasteiger partial charge in [0.15, 0.2) is 40.6 Å². The zero-order valence-electron chi connectivity index (χ0n) is 38.2. The molecule has 4 aromatic rings. The summed E-state index contributed by atoms with van der Waals surface area (Å²) in [5, 5.41) is 27.9. The maximum atomic E-state index is 13.5. The summed E-state index contributed by atoms with van der Waals surface area (Å²) >= 11 is 0. The molecule has 4 aliphatic heterocycles. The van der Waals surface area contributed by atoms with Gasteiger partial charge in [0.25, 0.3) is 17.4 Å². The minimum absolute atomic E-state index is 0.000714. The summed E-state index contributed by atoms with van der Waals surface area (Å²) in [6.07, 6.45) is -7.87. The number of nitrogens with zero attached hydrogens (tertiary/aromatic N) is 8. The maximum Gasteiger partial charge on any atom is 0.472 e. The number of aliphatic hydroxyl groups excluding tert-OH is 2. The third-order valence-corrected chi connectivity index (χ3v) is 13.1. The second kappa shape index (κ2) is 23.7. The molecule has 0 saturated carbocycles. The number of hydrogen-bond donors (Lipinski definition) is 8. The average molecular weight is 1070 g/mol. The predicted molar refractivity (Wildman–Crippen MR) is 239 cm³/mol. The van der Waals surface area contributed by atoms with Gasteiger partial charge in [-0.3, -0.25) is 61.1 Å². The highest BCUT2D eigenvalue weighted by molar-refractivity contribution is 7.47. The van der Waals surface area contributed by atoms with Gasteiger partial charge in [-0.1, -0.05) is 0 Å². The molecule has 3 saturated heterocycles. The minimum atomic E-state index is -5.23. The number of phosphoric acid groups is 2. The molecule has 35 heteroatoms. The first kappa shape index (κ1) is 53.7. The van der Waals surface area contributed by atoms with Crippen LogP contribution in [0.15, 0.2) is 35.9 Å². The van der Waals surface area contributed by atoms with Crippen LogP contribution in [0.5, 0.6) is 0 Å². The molecule has 33 nitrogen and oxygen atoms in total. The van der Waals surface area contributed by atoms with Crippen LogP contribution in [0.4, 0.5) is 11.8 Å². The Hall–Kier alpha value is -5.58. The van der Waals surface area contributed by atoms with E-state index in [1.807, 2.05) is 0 Å². The Morgan fingerprint density at radius 1 is 0.726 bits per heavy atom. The lowest BCUT2D eigenvalue weighted by Gasteiger charge is -2.25. The first-order chi connectivity index (χ1) is 35.0. The molecule has 10 atom stereocenters. The SMILES string of the molecule is Nc1nc2c(ncn2[C@@H]2O[C@@H]3COP(=O)(O)OC4[C@@H](O)[C@@H](COP(=O)(O)OC3[C@@H]2O)O[C@H]4n2cnc3c(NC(=O)CCOCCOCCOCCOCCNC(=O)CCN4C(=O)C=CC4=O)ncnc32)c(=O)[nH]1. The Labute approximate surface area is 410 Å². The third-order valence-electron chi connectivity index (χ3n) is 11.2. The summed E-state index contributed by atoms with van der Waals surface area (Å²) in [5.41, 5.74) is 4.66. The van der Waals surface area contributed by atoms with Crippen molar-refractivity contribution in [2.45, 2.75) is 61.9 Å². The van der Waals surface area contributed by atoms with Gasteiger partial charge in [0, 0.05) is 31.7 Å². The smallest absolute Gasteiger partial charge is 0.387 e. The summed E-state index contributed by atoms with van der Waals surface area (Å²) in [6.45, 7) is 0.207. The number of carbonyl (C=O) groups is 4. The Morgan fingerprint density at radius 2 is 1.32 bits per heavy atom. The second-order valence-corrected chi connectivity index (χ2v) is 18.9. The number of imide groups is 1. The summed E-state index contributed by atoms with van der Waals surface area (Å²) in [5.74, 6) is -2.05. The van der Waals surface area contributed by atoms with Gasteiger partial charge < -0.3 is 64.8 Å². The number of ether oxygens (including phenoxy) is 6. The summed E-state index contributed by atoms with van der Waals surface area (Å²) in [4.78, 5) is 106. The van der Waals surface area contributed by atoms with Crippen molar-refractivity contribution in [2.24, 2.45) is 0 Å². The van der Waals surface area contributed by atoms with Gasteiger partial charge in [-0.15, -0.1) is 0 Å². The molecule has 0 aliphatic carbocycles. The van der Waals surface area contributed by atoms with Crippen LogP contribution in [0.2, 0.25) is 0 Å². The highest BCUT2D eigenvalue weighted by Gasteiger charge is 2.54. The number of nitrogens with one attached hydrogen (secondary N) is 3. The van der Waals surface area contributed by atoms with Crippen LogP contribution in [-0.2, 0) is 74.8 Å². The van der Waals surface area contributed by atoms with E-state index in [1.54, 1.807) is 0 Å². The van der Waals surface area contributed by atoms with Crippen molar-refractivity contribution < 1.29 is 94.8 Å². The number of H-pyrrole nitrogens is 1. The average Bonchev–Trinajstić information content (AvgIpc) is 4.17. The normalized spacial score (nSPS) is 28.6. The highest BCUT2D eigenvalue weighted by atomic mass is 31.2. The summed E-state index contributed by atoms with van der Waals surface area (Å²) < 4.78 is 83.9. The number of aliphatic hydroxyl groups is 2. The molecule has 4 amide bonds. The standard InChI is InChI=1S/C38H50N12O21P2/c39-38-46-34-27(35(57)47-38)44-19-50(34)36-29(56)30-21(69-36)16-67-73(60,61)71-31-28(55)20(15-66-72(58,59)70-30)68-37(31)49-18-43-26-32(41-17-42-33(26)49)45-23(52)4-7-62-9-11-64-13-14-65-12-10-63-8-5-40-22(51)3-6-48-24(53)1-2-25(48)54/h1-2,17-21,28-31,36-37,55-56H,3-16H2,(H,40,51)(H,58,59)(H,60,61)(H3,39,46,47,57)(H,41,42,45,52)/t20-,21-,28+,29+,30?,31?,36-,37-/m1/s1. The molecular weight excluding hydrogens is 1020 g/mol.